The number of nitrogens with zero attached hydrogens (tertiary/aromatic N) is 3. The number of aromatic amines is 1. The van der Waals surface area contributed by atoms with Crippen LogP contribution >= 0.6 is 11.8 Å². The Morgan fingerprint density at radius 2 is 2.13 bits per heavy atom. The fourth-order valence-electron chi connectivity index (χ4n) is 3.55. The number of hydrogen-bond donors (Lipinski definition) is 2. The van der Waals surface area contributed by atoms with E-state index in [0.717, 1.165) is 24.9 Å². The van der Waals surface area contributed by atoms with E-state index in [1.54, 1.807) is 4.68 Å². The lowest BCUT2D eigenvalue weighted by atomic mass is 9.97. The van der Waals surface area contributed by atoms with Gasteiger partial charge in [0.2, 0.25) is 5.91 Å². The normalized spacial score (nSPS) is 15.0. The lowest BCUT2D eigenvalue weighted by Gasteiger charge is -2.14. The van der Waals surface area contributed by atoms with Gasteiger partial charge < -0.3 is 10.3 Å². The number of allylic oxidation sites excluding steroid dienone is 1. The molecule has 1 aliphatic rings. The molecule has 0 saturated carbocycles. The average molecular weight is 424 g/mol. The number of benzene rings is 1. The van der Waals surface area contributed by atoms with Crippen molar-refractivity contribution in [2.24, 2.45) is 0 Å². The van der Waals surface area contributed by atoms with Crippen molar-refractivity contribution in [3.05, 3.63) is 58.5 Å². The van der Waals surface area contributed by atoms with Gasteiger partial charge in [0.1, 0.15) is 5.39 Å². The minimum absolute atomic E-state index is 0.0595. The third-order valence-electron chi connectivity index (χ3n) is 5.21. The summed E-state index contributed by atoms with van der Waals surface area (Å²) in [5, 5.41) is 7.75. The van der Waals surface area contributed by atoms with Crippen LogP contribution in [0.4, 0.5) is 0 Å². The van der Waals surface area contributed by atoms with Crippen molar-refractivity contribution in [1.29, 1.82) is 0 Å². The Balaban J connectivity index is 1.44. The maximum absolute atomic E-state index is 12.5. The Hall–Kier alpha value is -2.87. The van der Waals surface area contributed by atoms with Gasteiger partial charge in [0.25, 0.3) is 5.56 Å². The minimum atomic E-state index is -0.376. The zero-order chi connectivity index (χ0) is 20.9. The summed E-state index contributed by atoms with van der Waals surface area (Å²) in [6, 6.07) is 9.53. The van der Waals surface area contributed by atoms with Gasteiger partial charge in [-0.2, -0.15) is 5.10 Å². The lowest BCUT2D eigenvalue weighted by Crippen LogP contribution is -2.32. The van der Waals surface area contributed by atoms with Crippen LogP contribution in [0.1, 0.15) is 39.0 Å². The molecule has 1 atom stereocenters. The number of hydrogen-bond acceptors (Lipinski definition) is 5. The number of amides is 1. The highest BCUT2D eigenvalue weighted by atomic mass is 32.2. The summed E-state index contributed by atoms with van der Waals surface area (Å²) in [6.45, 7) is 2.46. The third-order valence-corrected chi connectivity index (χ3v) is 6.19. The monoisotopic (exact) mass is 423 g/mol. The number of para-hydroxylation sites is 1. The number of rotatable bonds is 7. The van der Waals surface area contributed by atoms with Gasteiger partial charge in [0.15, 0.2) is 10.8 Å². The first kappa shape index (κ1) is 20.4. The maximum atomic E-state index is 12.5. The number of carbonyl (C=O) groups is 1. The first-order valence-corrected chi connectivity index (χ1v) is 11.2. The van der Waals surface area contributed by atoms with Crippen molar-refractivity contribution in [1.82, 2.24) is 25.1 Å². The predicted molar refractivity (Wildman–Crippen MR) is 119 cm³/mol. The molecule has 1 aromatic carbocycles. The Kier molecular flexibility index (Phi) is 6.32. The van der Waals surface area contributed by atoms with Gasteiger partial charge >= 0.3 is 0 Å². The molecule has 156 valence electrons. The largest absolute Gasteiger partial charge is 0.355 e. The second-order valence-corrected chi connectivity index (χ2v) is 8.74. The van der Waals surface area contributed by atoms with E-state index >= 15 is 0 Å². The molecule has 2 aromatic heterocycles. The van der Waals surface area contributed by atoms with Crippen molar-refractivity contribution in [2.75, 3.05) is 6.54 Å². The number of H-pyrrole nitrogens is 1. The highest BCUT2D eigenvalue weighted by molar-refractivity contribution is 8.00. The Morgan fingerprint density at radius 1 is 1.30 bits per heavy atom. The number of carbonyl (C=O) groups excluding carboxylic acids is 1. The summed E-state index contributed by atoms with van der Waals surface area (Å²) >= 11 is 1.24. The number of fused-ring (bicyclic) bond motifs is 1. The first-order chi connectivity index (χ1) is 14.6. The molecular weight excluding hydrogens is 398 g/mol. The van der Waals surface area contributed by atoms with E-state index in [4.69, 9.17) is 0 Å². The molecule has 0 bridgehead atoms. The summed E-state index contributed by atoms with van der Waals surface area (Å²) in [4.78, 5) is 32.3. The average Bonchev–Trinajstić information content (AvgIpc) is 3.19. The van der Waals surface area contributed by atoms with Gasteiger partial charge in [-0.05, 0) is 51.2 Å². The van der Waals surface area contributed by atoms with Crippen molar-refractivity contribution in [3.8, 4) is 5.69 Å². The predicted octanol–water partition coefficient (Wildman–Crippen LogP) is 3.60. The zero-order valence-electron chi connectivity index (χ0n) is 16.9. The van der Waals surface area contributed by atoms with Gasteiger partial charge in [-0.1, -0.05) is 41.6 Å². The molecule has 1 amide bonds. The molecule has 8 heteroatoms. The summed E-state index contributed by atoms with van der Waals surface area (Å²) in [7, 11) is 0. The van der Waals surface area contributed by atoms with Crippen molar-refractivity contribution in [2.45, 2.75) is 49.4 Å². The molecule has 0 spiro atoms. The molecular formula is C22H25N5O2S. The van der Waals surface area contributed by atoms with Crippen LogP contribution in [0, 0.1) is 0 Å². The summed E-state index contributed by atoms with van der Waals surface area (Å²) in [5.41, 5.74) is 2.47. The molecule has 0 fully saturated rings. The van der Waals surface area contributed by atoms with Crippen molar-refractivity contribution in [3.63, 3.8) is 0 Å². The zero-order valence-corrected chi connectivity index (χ0v) is 17.7. The molecule has 0 saturated heterocycles. The standard InChI is InChI=1S/C22H25N5O2S/c1-15(20(28)23-13-12-16-8-4-2-5-9-16)30-22-25-19-18(21(29)26-22)14-24-27(19)17-10-6-3-7-11-17/h3,6-8,10-11,14-15H,2,4-5,9,12-13H2,1H3,(H,23,28)(H,25,26,29). The molecule has 1 unspecified atom stereocenters. The van der Waals surface area contributed by atoms with E-state index < -0.39 is 0 Å². The van der Waals surface area contributed by atoms with E-state index in [2.05, 4.69) is 26.5 Å². The van der Waals surface area contributed by atoms with Crippen LogP contribution in [0.5, 0.6) is 0 Å². The van der Waals surface area contributed by atoms with Crippen molar-refractivity contribution < 1.29 is 4.79 Å². The van der Waals surface area contributed by atoms with E-state index in [9.17, 15) is 9.59 Å². The molecule has 0 aliphatic heterocycles. The second kappa shape index (κ2) is 9.30. The first-order valence-electron chi connectivity index (χ1n) is 10.3. The van der Waals surface area contributed by atoms with Crippen LogP contribution in [0.25, 0.3) is 16.7 Å². The smallest absolute Gasteiger partial charge is 0.262 e. The minimum Gasteiger partial charge on any atom is -0.355 e. The Labute approximate surface area is 179 Å². The van der Waals surface area contributed by atoms with Crippen LogP contribution < -0.4 is 10.9 Å². The highest BCUT2D eigenvalue weighted by Gasteiger charge is 2.18. The van der Waals surface area contributed by atoms with Gasteiger partial charge in [-0.25, -0.2) is 9.67 Å². The molecule has 1 aliphatic carbocycles. The van der Waals surface area contributed by atoms with Gasteiger partial charge in [0, 0.05) is 6.54 Å². The second-order valence-electron chi connectivity index (χ2n) is 7.41. The fourth-order valence-corrected chi connectivity index (χ4v) is 4.37. The molecule has 30 heavy (non-hydrogen) atoms. The Bertz CT molecular complexity index is 1120. The highest BCUT2D eigenvalue weighted by Crippen LogP contribution is 2.22. The third kappa shape index (κ3) is 4.64. The maximum Gasteiger partial charge on any atom is 0.262 e. The summed E-state index contributed by atoms with van der Waals surface area (Å²) in [5.74, 6) is -0.0595. The molecule has 4 rings (SSSR count). The molecule has 2 N–H and O–H groups in total. The van der Waals surface area contributed by atoms with Crippen LogP contribution in [0.2, 0.25) is 0 Å². The summed E-state index contributed by atoms with van der Waals surface area (Å²) < 4.78 is 1.64. The van der Waals surface area contributed by atoms with E-state index in [0.29, 0.717) is 22.7 Å². The quantitative estimate of drug-likeness (QED) is 0.344. The SMILES string of the molecule is CC(Sc1nc2c(cnn2-c2ccccc2)c(=O)[nH]1)C(=O)NCCC1=CCCCC1. The van der Waals surface area contributed by atoms with E-state index in [1.807, 2.05) is 37.3 Å². The Morgan fingerprint density at radius 3 is 2.90 bits per heavy atom. The number of nitrogens with one attached hydrogen (secondary N) is 2. The molecule has 2 heterocycles. The fraction of sp³-hybridized carbons (Fsp3) is 0.364. The van der Waals surface area contributed by atoms with Gasteiger partial charge in [-0.15, -0.1) is 0 Å². The number of aromatic nitrogens is 4. The van der Waals surface area contributed by atoms with Crippen LogP contribution in [-0.4, -0.2) is 37.5 Å². The molecule has 3 aromatic rings. The van der Waals surface area contributed by atoms with Gasteiger partial charge in [-0.3, -0.25) is 9.59 Å². The van der Waals surface area contributed by atoms with Crippen LogP contribution in [0.3, 0.4) is 0 Å². The number of thioether (sulfide) groups is 1. The van der Waals surface area contributed by atoms with Gasteiger partial charge in [0.05, 0.1) is 17.1 Å². The van der Waals surface area contributed by atoms with Crippen LogP contribution in [0.15, 0.2) is 58.1 Å². The molecule has 0 radical (unpaired) electrons. The van der Waals surface area contributed by atoms with Crippen LogP contribution in [-0.2, 0) is 4.79 Å². The van der Waals surface area contributed by atoms with E-state index in [1.165, 1.54) is 36.4 Å². The summed E-state index contributed by atoms with van der Waals surface area (Å²) in [6.07, 6.45) is 9.51. The molecule has 7 nitrogen and oxygen atoms in total. The van der Waals surface area contributed by atoms with E-state index in [-0.39, 0.29) is 16.7 Å². The topological polar surface area (TPSA) is 92.7 Å². The van der Waals surface area contributed by atoms with Crippen molar-refractivity contribution >= 4 is 28.7 Å². The lowest BCUT2D eigenvalue weighted by molar-refractivity contribution is -0.120.